The number of nitrogens with one attached hydrogen (secondary N) is 1. The van der Waals surface area contributed by atoms with Gasteiger partial charge in [-0.1, -0.05) is 17.7 Å². The molecule has 0 spiro atoms. The molecule has 1 fully saturated rings. The maximum atomic E-state index is 6.32. The number of piperidine rings is 1. The van der Waals surface area contributed by atoms with Crippen molar-refractivity contribution in [2.75, 3.05) is 19.7 Å². The number of ether oxygens (including phenoxy) is 1. The molecule has 1 heterocycles. The summed E-state index contributed by atoms with van der Waals surface area (Å²) in [6, 6.07) is 5.92. The lowest BCUT2D eigenvalue weighted by Gasteiger charge is -2.28. The van der Waals surface area contributed by atoms with E-state index in [-0.39, 0.29) is 6.04 Å². The van der Waals surface area contributed by atoms with Crippen LogP contribution < -0.4 is 15.8 Å². The Hall–Kier alpha value is -0.770. The summed E-state index contributed by atoms with van der Waals surface area (Å²) in [4.78, 5) is 0. The van der Waals surface area contributed by atoms with E-state index in [2.05, 4.69) is 5.32 Å². The number of benzene rings is 1. The maximum absolute atomic E-state index is 6.32. The first kappa shape index (κ1) is 13.7. The predicted octanol–water partition coefficient (Wildman–Crippen LogP) is 2.74. The molecule has 1 aromatic carbocycles. The predicted molar refractivity (Wildman–Crippen MR) is 75.1 cm³/mol. The van der Waals surface area contributed by atoms with Crippen molar-refractivity contribution in [1.29, 1.82) is 0 Å². The Bertz CT molecular complexity index is 391. The topological polar surface area (TPSA) is 47.3 Å². The minimum Gasteiger partial charge on any atom is -0.492 e. The molecular weight excluding hydrogens is 248 g/mol. The number of nitrogens with two attached hydrogens (primary N) is 1. The first-order valence-electron chi connectivity index (χ1n) is 6.61. The van der Waals surface area contributed by atoms with Gasteiger partial charge in [0.25, 0.3) is 0 Å². The lowest BCUT2D eigenvalue weighted by molar-refractivity contribution is 0.325. The third kappa shape index (κ3) is 3.16. The average molecular weight is 269 g/mol. The maximum Gasteiger partial charge on any atom is 0.137 e. The summed E-state index contributed by atoms with van der Waals surface area (Å²) < 4.78 is 5.43. The molecule has 1 aliphatic rings. The van der Waals surface area contributed by atoms with Gasteiger partial charge in [0.2, 0.25) is 0 Å². The normalized spacial score (nSPS) is 21.6. The van der Waals surface area contributed by atoms with Crippen LogP contribution in [0.2, 0.25) is 5.02 Å². The van der Waals surface area contributed by atoms with Gasteiger partial charge in [-0.25, -0.2) is 0 Å². The van der Waals surface area contributed by atoms with Crippen LogP contribution >= 0.6 is 11.6 Å². The Labute approximate surface area is 114 Å². The summed E-state index contributed by atoms with van der Waals surface area (Å²) in [5.41, 5.74) is 7.42. The molecule has 3 nitrogen and oxygen atoms in total. The van der Waals surface area contributed by atoms with Gasteiger partial charge in [0, 0.05) is 6.04 Å². The molecule has 2 rings (SSSR count). The quantitative estimate of drug-likeness (QED) is 0.883. The largest absolute Gasteiger partial charge is 0.492 e. The minimum atomic E-state index is 0.0472. The van der Waals surface area contributed by atoms with Crippen LogP contribution in [0.3, 0.4) is 0 Å². The molecule has 0 bridgehead atoms. The first-order chi connectivity index (χ1) is 8.72. The number of rotatable bonds is 4. The van der Waals surface area contributed by atoms with Crippen molar-refractivity contribution in [1.82, 2.24) is 5.32 Å². The van der Waals surface area contributed by atoms with Crippen molar-refractivity contribution < 1.29 is 4.74 Å². The Morgan fingerprint density at radius 2 is 2.39 bits per heavy atom. The molecule has 3 N–H and O–H groups in total. The van der Waals surface area contributed by atoms with Crippen LogP contribution in [0.1, 0.15) is 31.4 Å². The molecule has 0 aromatic heterocycles. The molecule has 2 atom stereocenters. The zero-order chi connectivity index (χ0) is 13.0. The molecule has 0 aliphatic carbocycles. The summed E-state index contributed by atoms with van der Waals surface area (Å²) >= 11 is 6.19. The number of hydrogen-bond donors (Lipinski definition) is 2. The lowest BCUT2D eigenvalue weighted by atomic mass is 9.88. The van der Waals surface area contributed by atoms with Crippen LogP contribution in [0, 0.1) is 5.92 Å². The van der Waals surface area contributed by atoms with E-state index in [0.29, 0.717) is 17.5 Å². The Balaban J connectivity index is 2.10. The Kier molecular flexibility index (Phi) is 4.87. The molecule has 0 radical (unpaired) electrons. The highest BCUT2D eigenvalue weighted by Crippen LogP contribution is 2.31. The van der Waals surface area contributed by atoms with Crippen molar-refractivity contribution >= 4 is 11.6 Å². The molecule has 0 amide bonds. The van der Waals surface area contributed by atoms with Gasteiger partial charge in [-0.15, -0.1) is 0 Å². The van der Waals surface area contributed by atoms with Gasteiger partial charge in [0.1, 0.15) is 5.75 Å². The van der Waals surface area contributed by atoms with E-state index in [1.807, 2.05) is 25.1 Å². The minimum absolute atomic E-state index is 0.0472. The van der Waals surface area contributed by atoms with Crippen LogP contribution in [-0.4, -0.2) is 19.7 Å². The van der Waals surface area contributed by atoms with Gasteiger partial charge >= 0.3 is 0 Å². The standard InChI is InChI=1S/C14H21ClN2O/c1-2-18-13-6-5-10(8-12(13)15)14(16)11-4-3-7-17-9-11/h5-6,8,11,14,17H,2-4,7,9,16H2,1H3. The second kappa shape index (κ2) is 6.41. The zero-order valence-corrected chi connectivity index (χ0v) is 11.5. The smallest absolute Gasteiger partial charge is 0.137 e. The summed E-state index contributed by atoms with van der Waals surface area (Å²) in [6.07, 6.45) is 2.38. The summed E-state index contributed by atoms with van der Waals surface area (Å²) in [6.45, 7) is 4.67. The molecule has 4 heteroatoms. The van der Waals surface area contributed by atoms with E-state index in [0.717, 1.165) is 24.4 Å². The number of hydrogen-bond acceptors (Lipinski definition) is 3. The van der Waals surface area contributed by atoms with Gasteiger partial charge < -0.3 is 15.8 Å². The molecule has 1 saturated heterocycles. The lowest BCUT2D eigenvalue weighted by Crippen LogP contribution is -2.36. The molecule has 18 heavy (non-hydrogen) atoms. The molecule has 1 aliphatic heterocycles. The second-order valence-corrected chi connectivity index (χ2v) is 5.16. The number of halogens is 1. The van der Waals surface area contributed by atoms with Gasteiger partial charge in [-0.05, 0) is 56.5 Å². The fraction of sp³-hybridized carbons (Fsp3) is 0.571. The monoisotopic (exact) mass is 268 g/mol. The molecule has 0 saturated carbocycles. The molecular formula is C14H21ClN2O. The van der Waals surface area contributed by atoms with Crippen LogP contribution in [0.15, 0.2) is 18.2 Å². The van der Waals surface area contributed by atoms with Crippen LogP contribution in [0.25, 0.3) is 0 Å². The summed E-state index contributed by atoms with van der Waals surface area (Å²) in [5.74, 6) is 1.23. The van der Waals surface area contributed by atoms with Gasteiger partial charge in [0.05, 0.1) is 11.6 Å². The summed E-state index contributed by atoms with van der Waals surface area (Å²) in [7, 11) is 0. The SMILES string of the molecule is CCOc1ccc(C(N)C2CCCNC2)cc1Cl. The van der Waals surface area contributed by atoms with Crippen molar-refractivity contribution in [3.8, 4) is 5.75 Å². The highest BCUT2D eigenvalue weighted by Gasteiger charge is 2.22. The van der Waals surface area contributed by atoms with Crippen molar-refractivity contribution in [3.05, 3.63) is 28.8 Å². The average Bonchev–Trinajstić information content (AvgIpc) is 2.41. The van der Waals surface area contributed by atoms with Crippen LogP contribution in [0.4, 0.5) is 0 Å². The second-order valence-electron chi connectivity index (χ2n) is 4.76. The Morgan fingerprint density at radius 1 is 1.56 bits per heavy atom. The van der Waals surface area contributed by atoms with Gasteiger partial charge in [0.15, 0.2) is 0 Å². The zero-order valence-electron chi connectivity index (χ0n) is 10.8. The van der Waals surface area contributed by atoms with Crippen molar-refractivity contribution in [3.63, 3.8) is 0 Å². The van der Waals surface area contributed by atoms with E-state index in [4.69, 9.17) is 22.1 Å². The highest BCUT2D eigenvalue weighted by molar-refractivity contribution is 6.32. The fourth-order valence-electron chi connectivity index (χ4n) is 2.45. The third-order valence-corrected chi connectivity index (χ3v) is 3.78. The van der Waals surface area contributed by atoms with Crippen LogP contribution in [-0.2, 0) is 0 Å². The molecule has 100 valence electrons. The van der Waals surface area contributed by atoms with E-state index in [1.54, 1.807) is 0 Å². The van der Waals surface area contributed by atoms with E-state index in [1.165, 1.54) is 12.8 Å². The highest BCUT2D eigenvalue weighted by atomic mass is 35.5. The fourth-order valence-corrected chi connectivity index (χ4v) is 2.70. The van der Waals surface area contributed by atoms with Crippen molar-refractivity contribution in [2.24, 2.45) is 11.7 Å². The van der Waals surface area contributed by atoms with Crippen LogP contribution in [0.5, 0.6) is 5.75 Å². The van der Waals surface area contributed by atoms with E-state index in [9.17, 15) is 0 Å². The molecule has 1 aromatic rings. The first-order valence-corrected chi connectivity index (χ1v) is 6.98. The summed E-state index contributed by atoms with van der Waals surface area (Å²) in [5, 5.41) is 4.04. The third-order valence-electron chi connectivity index (χ3n) is 3.48. The Morgan fingerprint density at radius 3 is 3.00 bits per heavy atom. The van der Waals surface area contributed by atoms with E-state index >= 15 is 0 Å². The van der Waals surface area contributed by atoms with E-state index < -0.39 is 0 Å². The van der Waals surface area contributed by atoms with Gasteiger partial charge in [-0.2, -0.15) is 0 Å². The van der Waals surface area contributed by atoms with Crippen molar-refractivity contribution in [2.45, 2.75) is 25.8 Å². The molecule has 2 unspecified atom stereocenters. The van der Waals surface area contributed by atoms with Gasteiger partial charge in [-0.3, -0.25) is 0 Å².